The zero-order valence-electron chi connectivity index (χ0n) is 14.5. The molecule has 2 aromatic rings. The molecule has 0 radical (unpaired) electrons. The molecule has 1 heterocycles. The number of carbonyl (C=O) groups is 2. The van der Waals surface area contributed by atoms with Crippen molar-refractivity contribution < 1.29 is 14.3 Å². The molecule has 130 valence electrons. The molecule has 0 aliphatic carbocycles. The third-order valence-electron chi connectivity index (χ3n) is 4.62. The predicted octanol–water partition coefficient (Wildman–Crippen LogP) is 4.22. The summed E-state index contributed by atoms with van der Waals surface area (Å²) in [6, 6.07) is 11.0. The first-order valence-electron chi connectivity index (χ1n) is 8.20. The van der Waals surface area contributed by atoms with E-state index in [0.29, 0.717) is 23.0 Å². The zero-order valence-corrected chi connectivity index (χ0v) is 15.3. The number of hydrogen-bond acceptors (Lipinski definition) is 3. The van der Waals surface area contributed by atoms with Crippen molar-refractivity contribution in [3.8, 4) is 5.75 Å². The Morgan fingerprint density at radius 2 is 1.80 bits per heavy atom. The van der Waals surface area contributed by atoms with E-state index in [4.69, 9.17) is 16.3 Å². The van der Waals surface area contributed by atoms with Gasteiger partial charge < -0.3 is 9.64 Å². The van der Waals surface area contributed by atoms with E-state index in [-0.39, 0.29) is 18.3 Å². The fourth-order valence-corrected chi connectivity index (χ4v) is 3.02. The molecule has 2 aromatic carbocycles. The van der Waals surface area contributed by atoms with Crippen molar-refractivity contribution in [1.29, 1.82) is 0 Å². The van der Waals surface area contributed by atoms with Gasteiger partial charge in [-0.05, 0) is 61.7 Å². The van der Waals surface area contributed by atoms with Gasteiger partial charge >= 0.3 is 5.97 Å². The van der Waals surface area contributed by atoms with Crippen LogP contribution in [0.25, 0.3) is 0 Å². The van der Waals surface area contributed by atoms with Gasteiger partial charge in [0.2, 0.25) is 5.91 Å². The lowest BCUT2D eigenvalue weighted by Gasteiger charge is -2.17. The Balaban J connectivity index is 1.71. The number of benzene rings is 2. The van der Waals surface area contributed by atoms with Crippen LogP contribution < -0.4 is 9.64 Å². The van der Waals surface area contributed by atoms with E-state index in [0.717, 1.165) is 16.7 Å². The number of halogens is 1. The summed E-state index contributed by atoms with van der Waals surface area (Å²) in [5.41, 5.74) is 3.85. The number of ether oxygens (including phenoxy) is 1. The molecule has 4 nitrogen and oxygen atoms in total. The van der Waals surface area contributed by atoms with Crippen LogP contribution in [0.4, 0.5) is 5.69 Å². The standard InChI is InChI=1S/C20H20ClNO3/c1-12-5-7-17(8-14(12)3)25-20(24)15-9-19(23)22(11-15)16-6-4-13(2)18(21)10-16/h4-8,10,15H,9,11H2,1-3H3/t15-/m1/s1. The lowest BCUT2D eigenvalue weighted by molar-refractivity contribution is -0.139. The Labute approximate surface area is 152 Å². The summed E-state index contributed by atoms with van der Waals surface area (Å²) in [4.78, 5) is 26.3. The van der Waals surface area contributed by atoms with Crippen LogP contribution >= 0.6 is 11.6 Å². The van der Waals surface area contributed by atoms with Crippen LogP contribution in [0.1, 0.15) is 23.1 Å². The van der Waals surface area contributed by atoms with Crippen molar-refractivity contribution in [2.24, 2.45) is 5.92 Å². The number of anilines is 1. The Morgan fingerprint density at radius 1 is 1.08 bits per heavy atom. The topological polar surface area (TPSA) is 46.6 Å². The minimum atomic E-state index is -0.478. The summed E-state index contributed by atoms with van der Waals surface area (Å²) in [7, 11) is 0. The Kier molecular flexibility index (Phi) is 4.82. The van der Waals surface area contributed by atoms with Gasteiger partial charge in [-0.25, -0.2) is 0 Å². The first-order chi connectivity index (χ1) is 11.8. The molecule has 1 aliphatic rings. The van der Waals surface area contributed by atoms with Crippen LogP contribution in [0.2, 0.25) is 5.02 Å². The summed E-state index contributed by atoms with van der Waals surface area (Å²) < 4.78 is 5.47. The van der Waals surface area contributed by atoms with Crippen LogP contribution in [-0.2, 0) is 9.59 Å². The highest BCUT2D eigenvalue weighted by molar-refractivity contribution is 6.31. The van der Waals surface area contributed by atoms with Crippen molar-refractivity contribution in [3.05, 3.63) is 58.1 Å². The first-order valence-corrected chi connectivity index (χ1v) is 8.58. The smallest absolute Gasteiger partial charge is 0.316 e. The number of carbonyl (C=O) groups excluding carboxylic acids is 2. The molecular weight excluding hydrogens is 338 g/mol. The molecule has 0 aromatic heterocycles. The van der Waals surface area contributed by atoms with E-state index in [1.165, 1.54) is 0 Å². The van der Waals surface area contributed by atoms with E-state index >= 15 is 0 Å². The monoisotopic (exact) mass is 357 g/mol. The van der Waals surface area contributed by atoms with Crippen LogP contribution in [0.15, 0.2) is 36.4 Å². The molecule has 0 unspecified atom stereocenters. The van der Waals surface area contributed by atoms with E-state index in [2.05, 4.69) is 0 Å². The SMILES string of the molecule is Cc1ccc(OC(=O)[C@@H]2CC(=O)N(c3ccc(C)c(Cl)c3)C2)cc1C. The minimum Gasteiger partial charge on any atom is -0.426 e. The van der Waals surface area contributed by atoms with Gasteiger partial charge in [-0.15, -0.1) is 0 Å². The number of nitrogens with zero attached hydrogens (tertiary/aromatic N) is 1. The molecule has 0 N–H and O–H groups in total. The second-order valence-corrected chi connectivity index (χ2v) is 6.91. The van der Waals surface area contributed by atoms with Gasteiger partial charge in [-0.2, -0.15) is 0 Å². The normalized spacial score (nSPS) is 17.0. The minimum absolute atomic E-state index is 0.0954. The largest absolute Gasteiger partial charge is 0.426 e. The number of amides is 1. The highest BCUT2D eigenvalue weighted by Crippen LogP contribution is 2.29. The van der Waals surface area contributed by atoms with Gasteiger partial charge in [-0.1, -0.05) is 23.7 Å². The van der Waals surface area contributed by atoms with Crippen LogP contribution in [-0.4, -0.2) is 18.4 Å². The first kappa shape index (κ1) is 17.5. The molecule has 1 aliphatic heterocycles. The molecule has 5 heteroatoms. The third-order valence-corrected chi connectivity index (χ3v) is 5.03. The second kappa shape index (κ2) is 6.89. The van der Waals surface area contributed by atoms with Crippen molar-refractivity contribution >= 4 is 29.2 Å². The Hall–Kier alpha value is -2.33. The molecule has 1 fully saturated rings. The van der Waals surface area contributed by atoms with E-state index in [9.17, 15) is 9.59 Å². The summed E-state index contributed by atoms with van der Waals surface area (Å²) in [6.45, 7) is 6.18. The Morgan fingerprint density at radius 3 is 2.48 bits per heavy atom. The third kappa shape index (κ3) is 3.69. The van der Waals surface area contributed by atoms with Crippen LogP contribution in [0.3, 0.4) is 0 Å². The van der Waals surface area contributed by atoms with Gasteiger partial charge in [0.25, 0.3) is 0 Å². The molecule has 3 rings (SSSR count). The van der Waals surface area contributed by atoms with Gasteiger partial charge in [-0.3, -0.25) is 9.59 Å². The lowest BCUT2D eigenvalue weighted by Crippen LogP contribution is -2.27. The molecule has 1 saturated heterocycles. The maximum absolute atomic E-state index is 12.4. The van der Waals surface area contributed by atoms with E-state index in [1.807, 2.05) is 45.0 Å². The van der Waals surface area contributed by atoms with Gasteiger partial charge in [0, 0.05) is 23.7 Å². The average molecular weight is 358 g/mol. The molecule has 0 bridgehead atoms. The van der Waals surface area contributed by atoms with Gasteiger partial charge in [0.15, 0.2) is 0 Å². The number of aryl methyl sites for hydroxylation is 3. The summed E-state index contributed by atoms with van der Waals surface area (Å²) >= 11 is 6.14. The fraction of sp³-hybridized carbons (Fsp3) is 0.300. The second-order valence-electron chi connectivity index (χ2n) is 6.51. The summed E-state index contributed by atoms with van der Waals surface area (Å²) in [5, 5.41) is 0.603. The van der Waals surface area contributed by atoms with Crippen molar-refractivity contribution in [3.63, 3.8) is 0 Å². The lowest BCUT2D eigenvalue weighted by atomic mass is 10.1. The van der Waals surface area contributed by atoms with Crippen molar-refractivity contribution in [2.45, 2.75) is 27.2 Å². The molecule has 25 heavy (non-hydrogen) atoms. The van der Waals surface area contributed by atoms with Crippen LogP contribution in [0.5, 0.6) is 5.75 Å². The molecule has 0 spiro atoms. The number of rotatable bonds is 3. The van der Waals surface area contributed by atoms with Crippen molar-refractivity contribution in [2.75, 3.05) is 11.4 Å². The van der Waals surface area contributed by atoms with Crippen molar-refractivity contribution in [1.82, 2.24) is 0 Å². The Bertz CT molecular complexity index is 847. The van der Waals surface area contributed by atoms with Gasteiger partial charge in [0.1, 0.15) is 5.75 Å². The zero-order chi connectivity index (χ0) is 18.1. The highest BCUT2D eigenvalue weighted by Gasteiger charge is 2.36. The molecule has 1 atom stereocenters. The number of esters is 1. The molecular formula is C20H20ClNO3. The summed E-state index contributed by atoms with van der Waals surface area (Å²) in [5.74, 6) is -0.439. The molecule has 0 saturated carbocycles. The van der Waals surface area contributed by atoms with E-state index < -0.39 is 5.92 Å². The van der Waals surface area contributed by atoms with Crippen LogP contribution in [0, 0.1) is 26.7 Å². The quantitative estimate of drug-likeness (QED) is 0.610. The van der Waals surface area contributed by atoms with Gasteiger partial charge in [0.05, 0.1) is 5.92 Å². The number of hydrogen-bond donors (Lipinski definition) is 0. The summed E-state index contributed by atoms with van der Waals surface area (Å²) in [6.07, 6.45) is 0.148. The highest BCUT2D eigenvalue weighted by atomic mass is 35.5. The average Bonchev–Trinajstić information content (AvgIpc) is 2.95. The molecule has 1 amide bonds. The maximum atomic E-state index is 12.4. The fourth-order valence-electron chi connectivity index (χ4n) is 2.84. The maximum Gasteiger partial charge on any atom is 0.316 e. The predicted molar refractivity (Wildman–Crippen MR) is 98.2 cm³/mol. The van der Waals surface area contributed by atoms with E-state index in [1.54, 1.807) is 17.0 Å².